The standard InChI is InChI=1S/C33H43N2O8P/c1-25(2)31(35-22-26-17-19-29(40-3)20-18-26)44(39,42-24-28-14-8-5-9-15-28)43-30(32(36)37)16-10-11-21-34-33(38)41-23-27-12-6-4-7-13-27/h4-9,12-15,17-20,25,30-31,35H,10-11,16,21-24H2,1-3H3,(H,34,38)(H,36,37)/t30?,31-,44?/m0/s1. The zero-order valence-electron chi connectivity index (χ0n) is 25.5. The van der Waals surface area contributed by atoms with Gasteiger partial charge in [0.25, 0.3) is 0 Å². The van der Waals surface area contributed by atoms with Crippen molar-refractivity contribution in [3.63, 3.8) is 0 Å². The quantitative estimate of drug-likeness (QED) is 0.0977. The van der Waals surface area contributed by atoms with E-state index in [0.717, 1.165) is 22.4 Å². The van der Waals surface area contributed by atoms with Gasteiger partial charge in [0, 0.05) is 13.1 Å². The van der Waals surface area contributed by atoms with Crippen LogP contribution in [0.3, 0.4) is 0 Å². The molecule has 3 atom stereocenters. The number of methoxy groups -OCH3 is 1. The van der Waals surface area contributed by atoms with Crippen molar-refractivity contribution in [1.29, 1.82) is 0 Å². The van der Waals surface area contributed by atoms with Crippen LogP contribution in [0.1, 0.15) is 49.8 Å². The molecule has 0 aliphatic heterocycles. The molecule has 0 aliphatic rings. The lowest BCUT2D eigenvalue weighted by Gasteiger charge is -2.32. The van der Waals surface area contributed by atoms with Crippen LogP contribution in [0.25, 0.3) is 0 Å². The topological polar surface area (TPSA) is 132 Å². The second kappa shape index (κ2) is 18.2. The van der Waals surface area contributed by atoms with Crippen molar-refractivity contribution in [2.24, 2.45) is 5.92 Å². The molecule has 3 aromatic rings. The molecule has 44 heavy (non-hydrogen) atoms. The Balaban J connectivity index is 1.62. The normalized spacial score (nSPS) is 13.9. The molecule has 3 rings (SSSR count). The van der Waals surface area contributed by atoms with E-state index in [0.29, 0.717) is 25.9 Å². The fourth-order valence-corrected chi connectivity index (χ4v) is 6.69. The summed E-state index contributed by atoms with van der Waals surface area (Å²) >= 11 is 0. The highest BCUT2D eigenvalue weighted by Gasteiger charge is 2.42. The summed E-state index contributed by atoms with van der Waals surface area (Å²) in [4.78, 5) is 24.3. The van der Waals surface area contributed by atoms with E-state index < -0.39 is 31.5 Å². The molecule has 3 N–H and O–H groups in total. The van der Waals surface area contributed by atoms with Gasteiger partial charge in [0.2, 0.25) is 0 Å². The number of nitrogens with one attached hydrogen (secondary N) is 2. The summed E-state index contributed by atoms with van der Waals surface area (Å²) in [5.41, 5.74) is 2.59. The summed E-state index contributed by atoms with van der Waals surface area (Å²) in [5, 5.41) is 16.0. The highest BCUT2D eigenvalue weighted by atomic mass is 31.2. The number of alkyl carbamates (subject to hydrolysis) is 1. The molecule has 0 radical (unpaired) electrons. The molecule has 0 aromatic heterocycles. The predicted octanol–water partition coefficient (Wildman–Crippen LogP) is 6.74. The molecule has 0 saturated carbocycles. The molecule has 3 aromatic carbocycles. The second-order valence-electron chi connectivity index (χ2n) is 10.6. The van der Waals surface area contributed by atoms with Crippen molar-refractivity contribution in [3.05, 3.63) is 102 Å². The number of amides is 1. The molecule has 11 heteroatoms. The second-order valence-corrected chi connectivity index (χ2v) is 12.7. The first-order valence-corrected chi connectivity index (χ1v) is 16.3. The van der Waals surface area contributed by atoms with E-state index >= 15 is 0 Å². The number of unbranched alkanes of at least 4 members (excludes halogenated alkanes) is 1. The van der Waals surface area contributed by atoms with E-state index in [1.807, 2.05) is 98.8 Å². The first kappa shape index (κ1) is 34.8. The van der Waals surface area contributed by atoms with Gasteiger partial charge in [-0.15, -0.1) is 0 Å². The fraction of sp³-hybridized carbons (Fsp3) is 0.394. The number of hydrogen-bond acceptors (Lipinski definition) is 8. The van der Waals surface area contributed by atoms with Gasteiger partial charge in [-0.25, -0.2) is 9.59 Å². The van der Waals surface area contributed by atoms with Crippen LogP contribution < -0.4 is 15.4 Å². The van der Waals surface area contributed by atoms with Gasteiger partial charge in [-0.2, -0.15) is 0 Å². The minimum absolute atomic E-state index is 0.00704. The Bertz CT molecular complexity index is 1320. The molecular formula is C33H43N2O8P. The summed E-state index contributed by atoms with van der Waals surface area (Å²) < 4.78 is 36.8. The van der Waals surface area contributed by atoms with E-state index in [1.54, 1.807) is 7.11 Å². The molecule has 0 heterocycles. The third-order valence-corrected chi connectivity index (χ3v) is 9.32. The fourth-order valence-electron chi connectivity index (χ4n) is 4.41. The predicted molar refractivity (Wildman–Crippen MR) is 168 cm³/mol. The number of carbonyl (C=O) groups is 2. The van der Waals surface area contributed by atoms with Gasteiger partial charge in [0.05, 0.1) is 13.7 Å². The summed E-state index contributed by atoms with van der Waals surface area (Å²) in [6.07, 6.45) is -0.961. The van der Waals surface area contributed by atoms with E-state index in [1.165, 1.54) is 0 Å². The number of hydrogen-bond donors (Lipinski definition) is 3. The number of carbonyl (C=O) groups excluding carboxylic acids is 1. The Hall–Kier alpha value is -3.69. The van der Waals surface area contributed by atoms with Crippen LogP contribution in [-0.2, 0) is 42.9 Å². The van der Waals surface area contributed by atoms with Crippen molar-refractivity contribution in [2.45, 2.75) is 64.8 Å². The first-order chi connectivity index (χ1) is 21.2. The van der Waals surface area contributed by atoms with Crippen LogP contribution in [0.4, 0.5) is 4.79 Å². The monoisotopic (exact) mass is 626 g/mol. The average molecular weight is 627 g/mol. The molecule has 2 unspecified atom stereocenters. The summed E-state index contributed by atoms with van der Waals surface area (Å²) in [6.45, 7) is 4.56. The van der Waals surface area contributed by atoms with Crippen LogP contribution >= 0.6 is 7.60 Å². The van der Waals surface area contributed by atoms with Crippen LogP contribution in [0.5, 0.6) is 5.75 Å². The van der Waals surface area contributed by atoms with E-state index in [-0.39, 0.29) is 25.6 Å². The minimum Gasteiger partial charge on any atom is -0.497 e. The van der Waals surface area contributed by atoms with Crippen molar-refractivity contribution < 1.29 is 37.8 Å². The lowest BCUT2D eigenvalue weighted by atomic mass is 10.1. The molecule has 0 fully saturated rings. The van der Waals surface area contributed by atoms with Crippen LogP contribution in [-0.4, -0.2) is 42.7 Å². The number of carboxylic acids is 1. The molecule has 10 nitrogen and oxygen atoms in total. The maximum atomic E-state index is 14.5. The van der Waals surface area contributed by atoms with E-state index in [4.69, 9.17) is 18.5 Å². The zero-order chi connectivity index (χ0) is 31.8. The Morgan fingerprint density at radius 2 is 1.45 bits per heavy atom. The molecule has 1 amide bonds. The number of rotatable bonds is 19. The van der Waals surface area contributed by atoms with E-state index in [2.05, 4.69) is 10.6 Å². The van der Waals surface area contributed by atoms with Gasteiger partial charge in [0.1, 0.15) is 18.1 Å². The molecule has 0 aliphatic carbocycles. The first-order valence-electron chi connectivity index (χ1n) is 14.7. The van der Waals surface area contributed by atoms with Gasteiger partial charge in [-0.3, -0.25) is 14.4 Å². The Kier molecular flexibility index (Phi) is 14.4. The van der Waals surface area contributed by atoms with Crippen molar-refractivity contribution in [2.75, 3.05) is 13.7 Å². The largest absolute Gasteiger partial charge is 0.497 e. The third-order valence-electron chi connectivity index (χ3n) is 6.83. The Labute approximate surface area is 259 Å². The Morgan fingerprint density at radius 1 is 0.841 bits per heavy atom. The van der Waals surface area contributed by atoms with Crippen molar-refractivity contribution >= 4 is 19.7 Å². The van der Waals surface area contributed by atoms with Gasteiger partial charge in [-0.05, 0) is 54.0 Å². The van der Waals surface area contributed by atoms with Crippen LogP contribution in [0.15, 0.2) is 84.9 Å². The number of ether oxygens (including phenoxy) is 2. The summed E-state index contributed by atoms with van der Waals surface area (Å²) in [5.74, 6) is -1.51. The molecular weight excluding hydrogens is 583 g/mol. The highest BCUT2D eigenvalue weighted by molar-refractivity contribution is 7.54. The molecule has 0 bridgehead atoms. The number of benzene rings is 3. The Morgan fingerprint density at radius 3 is 2.02 bits per heavy atom. The third kappa shape index (κ3) is 11.8. The zero-order valence-corrected chi connectivity index (χ0v) is 26.4. The van der Waals surface area contributed by atoms with Gasteiger partial charge in [-0.1, -0.05) is 86.6 Å². The van der Waals surface area contributed by atoms with Crippen molar-refractivity contribution in [3.8, 4) is 5.75 Å². The maximum Gasteiger partial charge on any atom is 0.407 e. The lowest BCUT2D eigenvalue weighted by Crippen LogP contribution is -2.37. The maximum absolute atomic E-state index is 14.5. The van der Waals surface area contributed by atoms with Crippen LogP contribution in [0, 0.1) is 5.92 Å². The molecule has 238 valence electrons. The average Bonchev–Trinajstić information content (AvgIpc) is 3.03. The number of carboxylic acid groups (broad SMARTS) is 1. The van der Waals surface area contributed by atoms with Gasteiger partial charge < -0.3 is 24.4 Å². The summed E-state index contributed by atoms with van der Waals surface area (Å²) in [6, 6.07) is 26.0. The molecule has 0 spiro atoms. The number of aliphatic carboxylic acids is 1. The minimum atomic E-state index is -4.03. The molecule has 0 saturated heterocycles. The lowest BCUT2D eigenvalue weighted by molar-refractivity contribution is -0.146. The van der Waals surface area contributed by atoms with Gasteiger partial charge in [0.15, 0.2) is 6.10 Å². The highest BCUT2D eigenvalue weighted by Crippen LogP contribution is 2.56. The smallest absolute Gasteiger partial charge is 0.407 e. The van der Waals surface area contributed by atoms with Gasteiger partial charge >= 0.3 is 19.7 Å². The van der Waals surface area contributed by atoms with Crippen molar-refractivity contribution in [1.82, 2.24) is 10.6 Å². The SMILES string of the molecule is COc1ccc(CN[C@H](C(C)C)P(=O)(OCc2ccccc2)OC(CCCCNC(=O)OCc2ccccc2)C(=O)O)cc1. The van der Waals surface area contributed by atoms with Crippen LogP contribution in [0.2, 0.25) is 0 Å². The summed E-state index contributed by atoms with van der Waals surface area (Å²) in [7, 11) is -2.44. The van der Waals surface area contributed by atoms with E-state index in [9.17, 15) is 19.3 Å².